The maximum absolute atomic E-state index is 13.6. The van der Waals surface area contributed by atoms with Crippen LogP contribution in [-0.2, 0) is 0 Å². The van der Waals surface area contributed by atoms with E-state index in [1.165, 1.54) is 6.07 Å². The predicted octanol–water partition coefficient (Wildman–Crippen LogP) is 3.78. The molecule has 0 aliphatic carbocycles. The Morgan fingerprint density at radius 1 is 1.00 bits per heavy atom. The SMILES string of the molecule is CN(c1ccccc1)c1ccc(C(=O)Nc2ccc(F)cc2F)nn1. The zero-order valence-electron chi connectivity index (χ0n) is 13.3. The van der Waals surface area contributed by atoms with Gasteiger partial charge in [0.25, 0.3) is 5.91 Å². The van der Waals surface area contributed by atoms with Gasteiger partial charge in [-0.2, -0.15) is 0 Å². The second-order valence-electron chi connectivity index (χ2n) is 5.25. The van der Waals surface area contributed by atoms with Crippen molar-refractivity contribution >= 4 is 23.1 Å². The van der Waals surface area contributed by atoms with Crippen LogP contribution in [0.25, 0.3) is 0 Å². The fourth-order valence-corrected chi connectivity index (χ4v) is 2.19. The molecule has 126 valence electrons. The van der Waals surface area contributed by atoms with Crippen molar-refractivity contribution in [3.8, 4) is 0 Å². The highest BCUT2D eigenvalue weighted by Crippen LogP contribution is 2.20. The van der Waals surface area contributed by atoms with E-state index in [0.29, 0.717) is 11.9 Å². The van der Waals surface area contributed by atoms with Crippen LogP contribution in [0, 0.1) is 11.6 Å². The minimum atomic E-state index is -0.859. The number of hydrogen-bond acceptors (Lipinski definition) is 4. The molecule has 0 aliphatic heterocycles. The van der Waals surface area contributed by atoms with Gasteiger partial charge >= 0.3 is 0 Å². The van der Waals surface area contributed by atoms with E-state index < -0.39 is 17.5 Å². The largest absolute Gasteiger partial charge is 0.328 e. The molecule has 7 heteroatoms. The molecule has 0 spiro atoms. The molecule has 0 unspecified atom stereocenters. The van der Waals surface area contributed by atoms with Crippen LogP contribution in [0.4, 0.5) is 26.0 Å². The molecular weight excluding hydrogens is 326 g/mol. The lowest BCUT2D eigenvalue weighted by atomic mass is 10.2. The third kappa shape index (κ3) is 3.77. The fourth-order valence-electron chi connectivity index (χ4n) is 2.19. The zero-order chi connectivity index (χ0) is 17.8. The van der Waals surface area contributed by atoms with Crippen molar-refractivity contribution in [1.29, 1.82) is 0 Å². The van der Waals surface area contributed by atoms with E-state index in [-0.39, 0.29) is 11.4 Å². The van der Waals surface area contributed by atoms with E-state index >= 15 is 0 Å². The molecule has 1 aromatic heterocycles. The molecular formula is C18H14F2N4O. The van der Waals surface area contributed by atoms with Gasteiger partial charge in [0.2, 0.25) is 0 Å². The van der Waals surface area contributed by atoms with Gasteiger partial charge in [0.05, 0.1) is 5.69 Å². The quantitative estimate of drug-likeness (QED) is 0.785. The summed E-state index contributed by atoms with van der Waals surface area (Å²) in [7, 11) is 1.83. The average molecular weight is 340 g/mol. The number of aromatic nitrogens is 2. The minimum Gasteiger partial charge on any atom is -0.328 e. The van der Waals surface area contributed by atoms with E-state index in [2.05, 4.69) is 15.5 Å². The van der Waals surface area contributed by atoms with E-state index in [1.807, 2.05) is 42.3 Å². The number of anilines is 3. The summed E-state index contributed by atoms with van der Waals surface area (Å²) < 4.78 is 26.5. The van der Waals surface area contributed by atoms with E-state index in [1.54, 1.807) is 6.07 Å². The number of para-hydroxylation sites is 1. The van der Waals surface area contributed by atoms with Crippen LogP contribution in [-0.4, -0.2) is 23.2 Å². The molecule has 3 rings (SSSR count). The number of nitrogens with one attached hydrogen (secondary N) is 1. The highest BCUT2D eigenvalue weighted by molar-refractivity contribution is 6.02. The molecule has 0 aliphatic rings. The van der Waals surface area contributed by atoms with Crippen LogP contribution in [0.15, 0.2) is 60.7 Å². The van der Waals surface area contributed by atoms with Crippen LogP contribution in [0.1, 0.15) is 10.5 Å². The number of hydrogen-bond donors (Lipinski definition) is 1. The van der Waals surface area contributed by atoms with Gasteiger partial charge in [0.15, 0.2) is 11.5 Å². The molecule has 2 aromatic carbocycles. The molecule has 0 saturated heterocycles. The number of carbonyl (C=O) groups is 1. The molecule has 1 N–H and O–H groups in total. The first-order chi connectivity index (χ1) is 12.0. The van der Waals surface area contributed by atoms with Crippen molar-refractivity contribution in [3.05, 3.63) is 78.0 Å². The first-order valence-electron chi connectivity index (χ1n) is 7.43. The lowest BCUT2D eigenvalue weighted by Crippen LogP contribution is -2.17. The lowest BCUT2D eigenvalue weighted by molar-refractivity contribution is 0.102. The second-order valence-corrected chi connectivity index (χ2v) is 5.25. The topological polar surface area (TPSA) is 58.1 Å². The summed E-state index contributed by atoms with van der Waals surface area (Å²) in [5, 5.41) is 10.2. The van der Waals surface area contributed by atoms with Crippen LogP contribution >= 0.6 is 0 Å². The normalized spacial score (nSPS) is 10.4. The van der Waals surface area contributed by atoms with Crippen molar-refractivity contribution in [3.63, 3.8) is 0 Å². The molecule has 3 aromatic rings. The summed E-state index contributed by atoms with van der Waals surface area (Å²) >= 11 is 0. The molecule has 1 heterocycles. The van der Waals surface area contributed by atoms with Gasteiger partial charge in [-0.15, -0.1) is 10.2 Å². The third-order valence-corrected chi connectivity index (χ3v) is 3.55. The molecule has 1 amide bonds. The summed E-state index contributed by atoms with van der Waals surface area (Å²) in [6.07, 6.45) is 0. The first kappa shape index (κ1) is 16.5. The van der Waals surface area contributed by atoms with Crippen molar-refractivity contribution in [1.82, 2.24) is 10.2 Å². The Balaban J connectivity index is 1.74. The minimum absolute atomic E-state index is 0.0222. The predicted molar refractivity (Wildman–Crippen MR) is 90.8 cm³/mol. The molecule has 5 nitrogen and oxygen atoms in total. The van der Waals surface area contributed by atoms with Gasteiger partial charge in [0.1, 0.15) is 11.6 Å². The van der Waals surface area contributed by atoms with E-state index in [9.17, 15) is 13.6 Å². The summed E-state index contributed by atoms with van der Waals surface area (Å²) in [6.45, 7) is 0. The van der Waals surface area contributed by atoms with Gasteiger partial charge in [0, 0.05) is 18.8 Å². The van der Waals surface area contributed by atoms with Gasteiger partial charge in [-0.25, -0.2) is 8.78 Å². The molecule has 0 saturated carbocycles. The molecule has 25 heavy (non-hydrogen) atoms. The fraction of sp³-hybridized carbons (Fsp3) is 0.0556. The highest BCUT2D eigenvalue weighted by Gasteiger charge is 2.13. The molecule has 0 bridgehead atoms. The smallest absolute Gasteiger partial charge is 0.276 e. The summed E-state index contributed by atoms with van der Waals surface area (Å²) in [5.74, 6) is -1.66. The highest BCUT2D eigenvalue weighted by atomic mass is 19.1. The summed E-state index contributed by atoms with van der Waals surface area (Å²) in [6, 6.07) is 15.6. The number of halogens is 2. The maximum atomic E-state index is 13.6. The summed E-state index contributed by atoms with van der Waals surface area (Å²) in [4.78, 5) is 13.9. The van der Waals surface area contributed by atoms with Crippen LogP contribution < -0.4 is 10.2 Å². The Morgan fingerprint density at radius 2 is 1.76 bits per heavy atom. The number of benzene rings is 2. The Bertz CT molecular complexity index is 885. The van der Waals surface area contributed by atoms with Gasteiger partial charge < -0.3 is 10.2 Å². The average Bonchev–Trinajstić information content (AvgIpc) is 2.64. The first-order valence-corrected chi connectivity index (χ1v) is 7.43. The number of amides is 1. The zero-order valence-corrected chi connectivity index (χ0v) is 13.3. The van der Waals surface area contributed by atoms with Crippen LogP contribution in [0.2, 0.25) is 0 Å². The Morgan fingerprint density at radius 3 is 2.40 bits per heavy atom. The number of rotatable bonds is 4. The van der Waals surface area contributed by atoms with Crippen molar-refractivity contribution < 1.29 is 13.6 Å². The molecule has 0 radical (unpaired) electrons. The van der Waals surface area contributed by atoms with Crippen molar-refractivity contribution in [2.75, 3.05) is 17.3 Å². The van der Waals surface area contributed by atoms with Gasteiger partial charge in [-0.3, -0.25) is 4.79 Å². The van der Waals surface area contributed by atoms with Gasteiger partial charge in [-0.05, 0) is 36.4 Å². The van der Waals surface area contributed by atoms with Crippen LogP contribution in [0.3, 0.4) is 0 Å². The molecule has 0 atom stereocenters. The number of carbonyl (C=O) groups excluding carboxylic acids is 1. The Labute approximate surface area is 142 Å². The lowest BCUT2D eigenvalue weighted by Gasteiger charge is -2.17. The van der Waals surface area contributed by atoms with E-state index in [0.717, 1.165) is 17.8 Å². The third-order valence-electron chi connectivity index (χ3n) is 3.55. The monoisotopic (exact) mass is 340 g/mol. The van der Waals surface area contributed by atoms with Crippen LogP contribution in [0.5, 0.6) is 0 Å². The molecule has 0 fully saturated rings. The number of nitrogens with zero attached hydrogens (tertiary/aromatic N) is 3. The second kappa shape index (κ2) is 7.04. The standard InChI is InChI=1S/C18H14F2N4O/c1-24(13-5-3-2-4-6-13)17-10-9-16(22-23-17)18(25)21-15-8-7-12(19)11-14(15)20/h2-11H,1H3,(H,21,25). The Kier molecular flexibility index (Phi) is 4.65. The Hall–Kier alpha value is -3.35. The summed E-state index contributed by atoms with van der Waals surface area (Å²) in [5.41, 5.74) is 0.815. The van der Waals surface area contributed by atoms with Crippen molar-refractivity contribution in [2.45, 2.75) is 0 Å². The maximum Gasteiger partial charge on any atom is 0.276 e. The van der Waals surface area contributed by atoms with Gasteiger partial charge in [-0.1, -0.05) is 18.2 Å². The van der Waals surface area contributed by atoms with Crippen molar-refractivity contribution in [2.24, 2.45) is 0 Å². The van der Waals surface area contributed by atoms with E-state index in [4.69, 9.17) is 0 Å².